The molecule has 0 radical (unpaired) electrons. The molecule has 0 aliphatic carbocycles. The fourth-order valence-electron chi connectivity index (χ4n) is 8.03. The molecule has 0 aliphatic heterocycles. The number of hydrogen-bond donors (Lipinski definition) is 0. The molecule has 0 atom stereocenters. The molecule has 0 aliphatic rings. The lowest BCUT2D eigenvalue weighted by atomic mass is 10.00. The lowest BCUT2D eigenvalue weighted by molar-refractivity contribution is 0.674. The van der Waals surface area contributed by atoms with E-state index in [-0.39, 0.29) is 0 Å². The Kier molecular flexibility index (Phi) is 7.42. The molecule has 0 spiro atoms. The average molecular weight is 717 g/mol. The van der Waals surface area contributed by atoms with Gasteiger partial charge in [-0.1, -0.05) is 158 Å². The van der Waals surface area contributed by atoms with Crippen LogP contribution in [0.5, 0.6) is 0 Å². The van der Waals surface area contributed by atoms with Gasteiger partial charge in [-0.05, 0) is 53.1 Å². The van der Waals surface area contributed by atoms with E-state index < -0.39 is 0 Å². The zero-order valence-corrected chi connectivity index (χ0v) is 30.2. The number of rotatable bonds is 6. The molecular formula is C51H32N4O. The van der Waals surface area contributed by atoms with Crippen LogP contribution in [0.2, 0.25) is 0 Å². The summed E-state index contributed by atoms with van der Waals surface area (Å²) in [7, 11) is 0. The molecular weight excluding hydrogens is 685 g/mol. The van der Waals surface area contributed by atoms with Crippen LogP contribution in [0, 0.1) is 0 Å². The summed E-state index contributed by atoms with van der Waals surface area (Å²) in [5, 5.41) is 4.42. The van der Waals surface area contributed by atoms with Gasteiger partial charge in [-0.25, -0.2) is 15.0 Å². The summed E-state index contributed by atoms with van der Waals surface area (Å²) >= 11 is 0. The Hall–Kier alpha value is -7.63. The van der Waals surface area contributed by atoms with Crippen molar-refractivity contribution in [2.24, 2.45) is 0 Å². The van der Waals surface area contributed by atoms with Crippen molar-refractivity contribution >= 4 is 43.7 Å². The van der Waals surface area contributed by atoms with Gasteiger partial charge >= 0.3 is 0 Å². The number of furan rings is 1. The van der Waals surface area contributed by atoms with Gasteiger partial charge < -0.3 is 8.98 Å². The van der Waals surface area contributed by atoms with Gasteiger partial charge in [0.1, 0.15) is 11.2 Å². The Morgan fingerprint density at radius 2 is 0.875 bits per heavy atom. The third-order valence-electron chi connectivity index (χ3n) is 10.6. The average Bonchev–Trinajstić information content (AvgIpc) is 3.83. The predicted molar refractivity (Wildman–Crippen MR) is 229 cm³/mol. The van der Waals surface area contributed by atoms with Crippen LogP contribution in [0.1, 0.15) is 0 Å². The van der Waals surface area contributed by atoms with Crippen molar-refractivity contribution in [1.82, 2.24) is 19.5 Å². The van der Waals surface area contributed by atoms with Crippen LogP contribution in [-0.2, 0) is 0 Å². The van der Waals surface area contributed by atoms with E-state index in [1.165, 1.54) is 11.1 Å². The van der Waals surface area contributed by atoms with E-state index in [0.29, 0.717) is 17.5 Å². The summed E-state index contributed by atoms with van der Waals surface area (Å²) in [6.07, 6.45) is 0. The molecule has 0 amide bonds. The van der Waals surface area contributed by atoms with E-state index >= 15 is 0 Å². The highest BCUT2D eigenvalue weighted by atomic mass is 16.3. The lowest BCUT2D eigenvalue weighted by Gasteiger charge is -2.10. The summed E-state index contributed by atoms with van der Waals surface area (Å²) in [4.78, 5) is 14.9. The van der Waals surface area contributed by atoms with E-state index in [1.807, 2.05) is 60.7 Å². The van der Waals surface area contributed by atoms with Gasteiger partial charge in [0.2, 0.25) is 0 Å². The Morgan fingerprint density at radius 1 is 0.339 bits per heavy atom. The molecule has 3 heterocycles. The first-order valence-corrected chi connectivity index (χ1v) is 18.8. The monoisotopic (exact) mass is 716 g/mol. The van der Waals surface area contributed by atoms with Crippen LogP contribution in [0.25, 0.3) is 106 Å². The second-order valence-electron chi connectivity index (χ2n) is 14.0. The lowest BCUT2D eigenvalue weighted by Crippen LogP contribution is -2.00. The second kappa shape index (κ2) is 13.0. The third-order valence-corrected chi connectivity index (χ3v) is 10.6. The molecule has 3 aromatic heterocycles. The van der Waals surface area contributed by atoms with Gasteiger partial charge in [0.05, 0.1) is 16.4 Å². The van der Waals surface area contributed by atoms with E-state index in [9.17, 15) is 0 Å². The first-order valence-electron chi connectivity index (χ1n) is 18.8. The molecule has 11 aromatic rings. The smallest absolute Gasteiger partial charge is 0.164 e. The van der Waals surface area contributed by atoms with Gasteiger partial charge in [-0.15, -0.1) is 0 Å². The van der Waals surface area contributed by atoms with Crippen molar-refractivity contribution in [3.05, 3.63) is 194 Å². The van der Waals surface area contributed by atoms with Crippen molar-refractivity contribution in [3.8, 4) is 62.1 Å². The standard InChI is InChI=1S/C51H32N4O/c1-4-15-33(16-5-1)36-21-13-24-39(32-36)55-44-28-11-10-25-43(44)46-45(55)30-29-42-41-27-14-26-40(47(41)56-48(42)46)37-22-12-23-38(31-37)51-53-49(34-17-6-2-7-18-34)52-50(54-51)35-19-8-3-9-20-35/h1-32H. The minimum atomic E-state index is 0.613. The fraction of sp³-hybridized carbons (Fsp3) is 0. The summed E-state index contributed by atoms with van der Waals surface area (Å²) in [5.41, 5.74) is 12.2. The minimum absolute atomic E-state index is 0.613. The summed E-state index contributed by atoms with van der Waals surface area (Å²) in [6.45, 7) is 0. The summed E-state index contributed by atoms with van der Waals surface area (Å²) < 4.78 is 9.40. The molecule has 0 N–H and O–H groups in total. The van der Waals surface area contributed by atoms with Crippen LogP contribution in [0.4, 0.5) is 0 Å². The highest BCUT2D eigenvalue weighted by molar-refractivity contribution is 6.24. The molecule has 0 unspecified atom stereocenters. The predicted octanol–water partition coefficient (Wildman–Crippen LogP) is 13.2. The Balaban J connectivity index is 1.08. The quantitative estimate of drug-likeness (QED) is 0.172. The maximum absolute atomic E-state index is 7.05. The molecule has 0 bridgehead atoms. The summed E-state index contributed by atoms with van der Waals surface area (Å²) in [6, 6.07) is 67.3. The number of benzene rings is 8. The maximum atomic E-state index is 7.05. The van der Waals surface area contributed by atoms with Crippen molar-refractivity contribution in [2.45, 2.75) is 0 Å². The van der Waals surface area contributed by atoms with Crippen molar-refractivity contribution in [1.29, 1.82) is 0 Å². The molecule has 0 saturated heterocycles. The van der Waals surface area contributed by atoms with Crippen molar-refractivity contribution in [3.63, 3.8) is 0 Å². The van der Waals surface area contributed by atoms with Crippen molar-refractivity contribution < 1.29 is 4.42 Å². The van der Waals surface area contributed by atoms with E-state index in [0.717, 1.165) is 77.2 Å². The Bertz CT molecular complexity index is 3180. The SMILES string of the molecule is c1ccc(-c2cccc(-n3c4ccccc4c4c5oc6c(-c7cccc(-c8nc(-c9ccccc9)nc(-c9ccccc9)n8)c7)cccc6c5ccc43)c2)cc1. The molecule has 8 aromatic carbocycles. The van der Waals surface area contributed by atoms with Gasteiger partial charge in [0, 0.05) is 44.1 Å². The zero-order chi connectivity index (χ0) is 37.0. The van der Waals surface area contributed by atoms with Crippen LogP contribution in [0.15, 0.2) is 199 Å². The Morgan fingerprint density at radius 3 is 1.61 bits per heavy atom. The number of para-hydroxylation sites is 2. The Labute approximate surface area is 322 Å². The zero-order valence-electron chi connectivity index (χ0n) is 30.2. The van der Waals surface area contributed by atoms with Gasteiger partial charge in [-0.3, -0.25) is 0 Å². The second-order valence-corrected chi connectivity index (χ2v) is 14.0. The molecule has 0 fully saturated rings. The molecule has 5 heteroatoms. The third kappa shape index (κ3) is 5.29. The first kappa shape index (κ1) is 31.9. The highest BCUT2D eigenvalue weighted by Gasteiger charge is 2.21. The topological polar surface area (TPSA) is 56.7 Å². The van der Waals surface area contributed by atoms with Crippen LogP contribution >= 0.6 is 0 Å². The molecule has 0 saturated carbocycles. The largest absolute Gasteiger partial charge is 0.455 e. The van der Waals surface area contributed by atoms with E-state index in [4.69, 9.17) is 19.4 Å². The number of hydrogen-bond acceptors (Lipinski definition) is 4. The van der Waals surface area contributed by atoms with Gasteiger partial charge in [0.15, 0.2) is 17.5 Å². The summed E-state index contributed by atoms with van der Waals surface area (Å²) in [5.74, 6) is 1.88. The normalized spacial score (nSPS) is 11.6. The van der Waals surface area contributed by atoms with Crippen molar-refractivity contribution in [2.75, 3.05) is 0 Å². The van der Waals surface area contributed by atoms with Crippen LogP contribution < -0.4 is 0 Å². The maximum Gasteiger partial charge on any atom is 0.164 e. The molecule has 11 rings (SSSR count). The van der Waals surface area contributed by atoms with E-state index in [1.54, 1.807) is 0 Å². The first-order chi connectivity index (χ1) is 27.8. The molecule has 5 nitrogen and oxygen atoms in total. The fourth-order valence-corrected chi connectivity index (χ4v) is 8.03. The van der Waals surface area contributed by atoms with Gasteiger partial charge in [-0.2, -0.15) is 0 Å². The molecule has 262 valence electrons. The highest BCUT2D eigenvalue weighted by Crippen LogP contribution is 2.43. The molecule has 56 heavy (non-hydrogen) atoms. The minimum Gasteiger partial charge on any atom is -0.455 e. The number of nitrogens with zero attached hydrogens (tertiary/aromatic N) is 4. The van der Waals surface area contributed by atoms with Crippen LogP contribution in [-0.4, -0.2) is 19.5 Å². The number of aromatic nitrogens is 4. The van der Waals surface area contributed by atoms with E-state index in [2.05, 4.69) is 138 Å². The van der Waals surface area contributed by atoms with Crippen LogP contribution in [0.3, 0.4) is 0 Å². The van der Waals surface area contributed by atoms with Gasteiger partial charge in [0.25, 0.3) is 0 Å². The number of fused-ring (bicyclic) bond motifs is 7.